The van der Waals surface area contributed by atoms with E-state index in [1.165, 1.54) is 4.90 Å². The Morgan fingerprint density at radius 1 is 1.35 bits per heavy atom. The molecule has 2 aliphatic heterocycles. The molecule has 0 radical (unpaired) electrons. The maximum atomic E-state index is 12.2. The highest BCUT2D eigenvalue weighted by Crippen LogP contribution is 2.20. The Morgan fingerprint density at radius 3 is 2.71 bits per heavy atom. The van der Waals surface area contributed by atoms with Gasteiger partial charge in [-0.1, -0.05) is 6.42 Å². The number of hydrogen-bond donors (Lipinski definition) is 3. The molecular weight excluding hydrogens is 222 g/mol. The predicted molar refractivity (Wildman–Crippen MR) is 61.0 cm³/mol. The number of rotatable bonds is 2. The number of aliphatic hydroxyl groups excluding tert-OH is 1. The molecule has 0 spiro atoms. The van der Waals surface area contributed by atoms with Gasteiger partial charge >= 0.3 is 0 Å². The van der Waals surface area contributed by atoms with Crippen LogP contribution in [0.25, 0.3) is 0 Å². The van der Waals surface area contributed by atoms with Crippen molar-refractivity contribution in [3.63, 3.8) is 0 Å². The van der Waals surface area contributed by atoms with Crippen LogP contribution in [0.4, 0.5) is 0 Å². The Bertz CT molecular complexity index is 315. The molecule has 0 aromatic rings. The van der Waals surface area contributed by atoms with Crippen LogP contribution in [-0.4, -0.2) is 53.1 Å². The fourth-order valence-corrected chi connectivity index (χ4v) is 2.59. The van der Waals surface area contributed by atoms with Crippen molar-refractivity contribution in [1.29, 1.82) is 0 Å². The van der Waals surface area contributed by atoms with Crippen LogP contribution in [0.15, 0.2) is 0 Å². The highest BCUT2D eigenvalue weighted by Gasteiger charge is 2.40. The van der Waals surface area contributed by atoms with E-state index in [2.05, 4.69) is 5.32 Å². The summed E-state index contributed by atoms with van der Waals surface area (Å²) in [6.07, 6.45) is 2.50. The number of likely N-dealkylation sites (tertiary alicyclic amines) is 1. The van der Waals surface area contributed by atoms with Crippen molar-refractivity contribution in [3.8, 4) is 0 Å². The van der Waals surface area contributed by atoms with Gasteiger partial charge in [-0.2, -0.15) is 0 Å². The molecule has 2 amide bonds. The lowest BCUT2D eigenvalue weighted by atomic mass is 10.0. The summed E-state index contributed by atoms with van der Waals surface area (Å²) in [4.78, 5) is 24.9. The van der Waals surface area contributed by atoms with E-state index in [1.54, 1.807) is 0 Å². The first kappa shape index (κ1) is 12.3. The Morgan fingerprint density at radius 2 is 2.12 bits per heavy atom. The Balaban J connectivity index is 2.04. The highest BCUT2D eigenvalue weighted by molar-refractivity contribution is 5.89. The summed E-state index contributed by atoms with van der Waals surface area (Å²) >= 11 is 0. The average molecular weight is 241 g/mol. The van der Waals surface area contributed by atoms with Crippen molar-refractivity contribution in [2.75, 3.05) is 13.1 Å². The van der Waals surface area contributed by atoms with Gasteiger partial charge < -0.3 is 21.1 Å². The first-order valence-corrected chi connectivity index (χ1v) is 6.11. The maximum absolute atomic E-state index is 12.2. The second-order valence-corrected chi connectivity index (χ2v) is 4.80. The van der Waals surface area contributed by atoms with Crippen molar-refractivity contribution < 1.29 is 14.7 Å². The number of nitrogens with zero attached hydrogens (tertiary/aromatic N) is 1. The molecule has 2 rings (SSSR count). The Labute approximate surface area is 100 Å². The topological polar surface area (TPSA) is 95.7 Å². The van der Waals surface area contributed by atoms with E-state index in [-0.39, 0.29) is 24.9 Å². The first-order valence-electron chi connectivity index (χ1n) is 6.11. The summed E-state index contributed by atoms with van der Waals surface area (Å²) in [6.45, 7) is 1.04. The molecule has 0 aromatic carbocycles. The Kier molecular flexibility index (Phi) is 3.63. The quantitative estimate of drug-likeness (QED) is 0.552. The smallest absolute Gasteiger partial charge is 0.240 e. The number of amides is 2. The molecule has 0 aliphatic carbocycles. The lowest BCUT2D eigenvalue weighted by molar-refractivity contribution is -0.139. The fraction of sp³-hybridized carbons (Fsp3) is 0.818. The molecule has 2 aliphatic rings. The van der Waals surface area contributed by atoms with Crippen LogP contribution >= 0.6 is 0 Å². The third-order valence-corrected chi connectivity index (χ3v) is 3.50. The largest absolute Gasteiger partial charge is 0.391 e. The monoisotopic (exact) mass is 241 g/mol. The van der Waals surface area contributed by atoms with E-state index in [1.807, 2.05) is 0 Å². The van der Waals surface area contributed by atoms with Gasteiger partial charge in [-0.25, -0.2) is 0 Å². The van der Waals surface area contributed by atoms with Crippen molar-refractivity contribution in [1.82, 2.24) is 10.2 Å². The van der Waals surface area contributed by atoms with E-state index >= 15 is 0 Å². The molecule has 3 atom stereocenters. The number of nitrogens with one attached hydrogen (secondary N) is 1. The summed E-state index contributed by atoms with van der Waals surface area (Å²) < 4.78 is 0. The van der Waals surface area contributed by atoms with E-state index in [0.29, 0.717) is 0 Å². The second kappa shape index (κ2) is 5.01. The number of β-amino-alcohol motifs (C(OH)–C–C–N with tert-alkyl or cyclic N) is 1. The molecule has 2 unspecified atom stereocenters. The van der Waals surface area contributed by atoms with Crippen LogP contribution in [0, 0.1) is 0 Å². The first-order chi connectivity index (χ1) is 8.09. The van der Waals surface area contributed by atoms with Crippen LogP contribution in [0.5, 0.6) is 0 Å². The van der Waals surface area contributed by atoms with Gasteiger partial charge in [-0.3, -0.25) is 9.59 Å². The molecule has 2 saturated heterocycles. The minimum atomic E-state index is -0.652. The number of carbonyl (C=O) groups excluding carboxylic acids is 2. The standard InChI is InChI=1S/C11H19N3O3/c12-10(16)9-5-7(15)6-14(9)11(17)8-3-1-2-4-13-8/h7-9,13,15H,1-6H2,(H2,12,16)/t7?,8-,9?/m0/s1. The van der Waals surface area contributed by atoms with Crippen molar-refractivity contribution in [2.24, 2.45) is 5.73 Å². The van der Waals surface area contributed by atoms with E-state index < -0.39 is 18.1 Å². The van der Waals surface area contributed by atoms with Crippen molar-refractivity contribution >= 4 is 11.8 Å². The molecule has 96 valence electrons. The van der Waals surface area contributed by atoms with Gasteiger partial charge in [0.2, 0.25) is 11.8 Å². The maximum Gasteiger partial charge on any atom is 0.240 e. The summed E-state index contributed by atoms with van der Waals surface area (Å²) in [5.74, 6) is -0.643. The van der Waals surface area contributed by atoms with E-state index in [4.69, 9.17) is 5.73 Å². The molecule has 6 heteroatoms. The van der Waals surface area contributed by atoms with Gasteiger partial charge in [0.1, 0.15) is 6.04 Å². The summed E-state index contributed by atoms with van der Waals surface area (Å²) in [5, 5.41) is 12.7. The molecule has 6 nitrogen and oxygen atoms in total. The van der Waals surface area contributed by atoms with Crippen LogP contribution in [0.1, 0.15) is 25.7 Å². The third kappa shape index (κ3) is 2.58. The van der Waals surface area contributed by atoms with Crippen molar-refractivity contribution in [2.45, 2.75) is 43.9 Å². The van der Waals surface area contributed by atoms with Gasteiger partial charge in [0, 0.05) is 13.0 Å². The molecule has 17 heavy (non-hydrogen) atoms. The number of primary amides is 1. The molecule has 2 fully saturated rings. The number of piperidine rings is 1. The van der Waals surface area contributed by atoms with E-state index in [0.717, 1.165) is 25.8 Å². The van der Waals surface area contributed by atoms with Crippen LogP contribution in [0.3, 0.4) is 0 Å². The van der Waals surface area contributed by atoms with Crippen molar-refractivity contribution in [3.05, 3.63) is 0 Å². The zero-order valence-corrected chi connectivity index (χ0v) is 9.76. The van der Waals surface area contributed by atoms with Crippen LogP contribution in [-0.2, 0) is 9.59 Å². The zero-order chi connectivity index (χ0) is 12.4. The van der Waals surface area contributed by atoms with Crippen LogP contribution < -0.4 is 11.1 Å². The predicted octanol–water partition coefficient (Wildman–Crippen LogP) is -1.42. The van der Waals surface area contributed by atoms with Gasteiger partial charge in [-0.15, -0.1) is 0 Å². The normalized spacial score (nSPS) is 33.7. The number of carbonyl (C=O) groups is 2. The SMILES string of the molecule is NC(=O)C1CC(O)CN1C(=O)[C@@H]1CCCCN1. The Hall–Kier alpha value is -1.14. The van der Waals surface area contributed by atoms with E-state index in [9.17, 15) is 14.7 Å². The van der Waals surface area contributed by atoms with Gasteiger partial charge in [-0.05, 0) is 19.4 Å². The van der Waals surface area contributed by atoms with Crippen LogP contribution in [0.2, 0.25) is 0 Å². The molecule has 0 aromatic heterocycles. The summed E-state index contributed by atoms with van der Waals surface area (Å²) in [6, 6.07) is -0.878. The highest BCUT2D eigenvalue weighted by atomic mass is 16.3. The lowest BCUT2D eigenvalue weighted by Gasteiger charge is -2.29. The summed E-state index contributed by atoms with van der Waals surface area (Å²) in [5.41, 5.74) is 5.25. The van der Waals surface area contributed by atoms with Gasteiger partial charge in [0.25, 0.3) is 0 Å². The number of aliphatic hydroxyl groups is 1. The molecule has 4 N–H and O–H groups in total. The van der Waals surface area contributed by atoms with Gasteiger partial charge in [0.15, 0.2) is 0 Å². The summed E-state index contributed by atoms with van der Waals surface area (Å²) in [7, 11) is 0. The molecule has 0 bridgehead atoms. The lowest BCUT2D eigenvalue weighted by Crippen LogP contribution is -2.52. The molecular formula is C11H19N3O3. The second-order valence-electron chi connectivity index (χ2n) is 4.80. The zero-order valence-electron chi connectivity index (χ0n) is 9.76. The van der Waals surface area contributed by atoms with Gasteiger partial charge in [0.05, 0.1) is 12.1 Å². The minimum Gasteiger partial charge on any atom is -0.391 e. The fourth-order valence-electron chi connectivity index (χ4n) is 2.59. The average Bonchev–Trinajstić information content (AvgIpc) is 2.72. The number of hydrogen-bond acceptors (Lipinski definition) is 4. The third-order valence-electron chi connectivity index (χ3n) is 3.50. The molecule has 2 heterocycles. The number of nitrogens with two attached hydrogens (primary N) is 1. The minimum absolute atomic E-state index is 0.106. The molecule has 0 saturated carbocycles.